The Hall–Kier alpha value is -7.95. The fourth-order valence-electron chi connectivity index (χ4n) is 8.78. The Morgan fingerprint density at radius 3 is 1.60 bits per heavy atom. The maximum Gasteiger partial charge on any atom is 0.161 e. The quantitative estimate of drug-likeness (QED) is 0.0944. The molecule has 0 N–H and O–H groups in total. The van der Waals surface area contributed by atoms with Gasteiger partial charge in [-0.15, -0.1) is 0 Å². The zero-order valence-electron chi connectivity index (χ0n) is 32.7. The Bertz CT molecular complexity index is 3470. The minimum atomic E-state index is 0.508. The summed E-state index contributed by atoms with van der Waals surface area (Å²) in [4.78, 5) is 14.3. The number of rotatable bonds is 6. The summed E-state index contributed by atoms with van der Waals surface area (Å²) in [5.74, 6) is 1.12. The summed E-state index contributed by atoms with van der Waals surface area (Å²) < 4.78 is 6.95. The summed E-state index contributed by atoms with van der Waals surface area (Å²) in [7, 11) is 0. The van der Waals surface area contributed by atoms with E-state index in [1.54, 1.807) is 0 Å². The lowest BCUT2D eigenvalue weighted by atomic mass is 9.91. The van der Waals surface area contributed by atoms with Crippen LogP contribution in [0.1, 0.15) is 16.7 Å². The molecule has 4 nitrogen and oxygen atoms in total. The van der Waals surface area contributed by atoms with Gasteiger partial charge in [0.05, 0.1) is 6.54 Å². The molecule has 60 heavy (non-hydrogen) atoms. The van der Waals surface area contributed by atoms with Crippen LogP contribution in [0.5, 0.6) is 0 Å². The smallest absolute Gasteiger partial charge is 0.161 e. The minimum absolute atomic E-state index is 0.508. The van der Waals surface area contributed by atoms with Crippen molar-refractivity contribution in [2.45, 2.75) is 6.54 Å². The molecule has 1 aromatic heterocycles. The molecule has 1 heterocycles. The van der Waals surface area contributed by atoms with Crippen molar-refractivity contribution in [3.8, 4) is 22.3 Å². The van der Waals surface area contributed by atoms with Gasteiger partial charge in [0.25, 0.3) is 0 Å². The van der Waals surface area contributed by atoms with Gasteiger partial charge in [0.15, 0.2) is 11.7 Å². The zero-order chi connectivity index (χ0) is 40.0. The van der Waals surface area contributed by atoms with E-state index in [1.165, 1.54) is 32.3 Å². The molecule has 0 saturated carbocycles. The Balaban J connectivity index is 1.01. The molecule has 0 saturated heterocycles. The van der Waals surface area contributed by atoms with Crippen LogP contribution in [-0.4, -0.2) is 18.4 Å². The molecule has 0 aliphatic heterocycles. The maximum atomic E-state index is 6.95. The van der Waals surface area contributed by atoms with E-state index >= 15 is 0 Å². The largest absolute Gasteiger partial charge is 0.455 e. The van der Waals surface area contributed by atoms with Crippen LogP contribution in [0.3, 0.4) is 0 Å². The summed E-state index contributed by atoms with van der Waals surface area (Å²) in [5, 5.41) is 11.9. The van der Waals surface area contributed by atoms with E-state index in [1.807, 2.05) is 48.5 Å². The number of amidine groups is 2. The molecule has 0 radical (unpaired) electrons. The number of furan rings is 1. The third-order valence-electron chi connectivity index (χ3n) is 11.7. The van der Waals surface area contributed by atoms with Crippen molar-refractivity contribution in [2.24, 2.45) is 15.0 Å². The Kier molecular flexibility index (Phi) is 8.67. The number of nitrogens with zero attached hydrogens (tertiary/aromatic N) is 3. The summed E-state index contributed by atoms with van der Waals surface area (Å²) in [6, 6.07) is 70.3. The first-order chi connectivity index (χ1) is 29.7. The van der Waals surface area contributed by atoms with Crippen molar-refractivity contribution in [3.05, 3.63) is 217 Å². The minimum Gasteiger partial charge on any atom is -0.455 e. The Labute approximate surface area is 347 Å². The molecular formula is C56H37N3O. The van der Waals surface area contributed by atoms with E-state index in [0.717, 1.165) is 71.7 Å². The van der Waals surface area contributed by atoms with Crippen molar-refractivity contribution < 1.29 is 4.42 Å². The summed E-state index contributed by atoms with van der Waals surface area (Å²) in [6.07, 6.45) is 0. The fourth-order valence-corrected chi connectivity index (χ4v) is 8.78. The zero-order valence-corrected chi connectivity index (χ0v) is 32.7. The Morgan fingerprint density at radius 1 is 0.383 bits per heavy atom. The molecule has 0 aliphatic carbocycles. The summed E-state index contributed by atoms with van der Waals surface area (Å²) in [5.41, 5.74) is 9.07. The van der Waals surface area contributed by atoms with E-state index in [4.69, 9.17) is 14.4 Å². The molecule has 11 rings (SSSR count). The molecule has 0 bridgehead atoms. The van der Waals surface area contributed by atoms with Crippen molar-refractivity contribution in [2.75, 3.05) is 0 Å². The second-order valence-corrected chi connectivity index (χ2v) is 15.1. The SMILES string of the molecule is C=NC(=NC(=NCc1ccccc1)c1ccccc1)c1ccc(-c2cc3c4cccc(-c5ccc6c7ccccc7c7ccccc7c6c5)c4oc3c3ccccc23)cc1. The molecule has 0 aliphatic rings. The average Bonchev–Trinajstić information content (AvgIpc) is 3.71. The maximum absolute atomic E-state index is 6.95. The molecule has 4 heteroatoms. The molecule has 11 aromatic rings. The van der Waals surface area contributed by atoms with Crippen LogP contribution in [0.2, 0.25) is 0 Å². The number of aliphatic imine (C=N–C) groups is 3. The van der Waals surface area contributed by atoms with Gasteiger partial charge in [0.1, 0.15) is 11.2 Å². The van der Waals surface area contributed by atoms with Gasteiger partial charge in [-0.25, -0.2) is 9.98 Å². The monoisotopic (exact) mass is 767 g/mol. The first kappa shape index (κ1) is 35.2. The molecule has 282 valence electrons. The number of benzene rings is 10. The first-order valence-electron chi connectivity index (χ1n) is 20.2. The van der Waals surface area contributed by atoms with Gasteiger partial charge in [0, 0.05) is 32.8 Å². The molecule has 0 fully saturated rings. The van der Waals surface area contributed by atoms with Crippen LogP contribution in [0.15, 0.2) is 220 Å². The predicted octanol–water partition coefficient (Wildman–Crippen LogP) is 14.6. The second-order valence-electron chi connectivity index (χ2n) is 15.1. The van der Waals surface area contributed by atoms with Crippen molar-refractivity contribution >= 4 is 83.4 Å². The van der Waals surface area contributed by atoms with Crippen LogP contribution in [0, 0.1) is 0 Å². The topological polar surface area (TPSA) is 50.2 Å². The highest BCUT2D eigenvalue weighted by Gasteiger charge is 2.19. The highest BCUT2D eigenvalue weighted by Crippen LogP contribution is 2.44. The van der Waals surface area contributed by atoms with Gasteiger partial charge in [-0.05, 0) is 78.8 Å². The van der Waals surface area contributed by atoms with E-state index in [2.05, 4.69) is 163 Å². The van der Waals surface area contributed by atoms with Crippen LogP contribution in [0.4, 0.5) is 0 Å². The van der Waals surface area contributed by atoms with Gasteiger partial charge < -0.3 is 4.42 Å². The van der Waals surface area contributed by atoms with E-state index in [-0.39, 0.29) is 0 Å². The van der Waals surface area contributed by atoms with Gasteiger partial charge in [0.2, 0.25) is 0 Å². The third-order valence-corrected chi connectivity index (χ3v) is 11.7. The Morgan fingerprint density at radius 2 is 0.917 bits per heavy atom. The van der Waals surface area contributed by atoms with Crippen molar-refractivity contribution in [1.82, 2.24) is 0 Å². The molecule has 0 spiro atoms. The fraction of sp³-hybridized carbons (Fsp3) is 0.0179. The lowest BCUT2D eigenvalue weighted by Crippen LogP contribution is -2.05. The van der Waals surface area contributed by atoms with Gasteiger partial charge in [-0.3, -0.25) is 4.99 Å². The van der Waals surface area contributed by atoms with Crippen LogP contribution in [0.25, 0.3) is 87.3 Å². The normalized spacial score (nSPS) is 12.3. The molecule has 0 unspecified atom stereocenters. The highest BCUT2D eigenvalue weighted by molar-refractivity contribution is 6.26. The van der Waals surface area contributed by atoms with Crippen LogP contribution in [-0.2, 0) is 6.54 Å². The van der Waals surface area contributed by atoms with Gasteiger partial charge in [-0.1, -0.05) is 188 Å². The molecule has 0 amide bonds. The van der Waals surface area contributed by atoms with Crippen LogP contribution >= 0.6 is 0 Å². The lowest BCUT2D eigenvalue weighted by Gasteiger charge is -2.12. The van der Waals surface area contributed by atoms with E-state index in [9.17, 15) is 0 Å². The van der Waals surface area contributed by atoms with Crippen LogP contribution < -0.4 is 0 Å². The van der Waals surface area contributed by atoms with E-state index in [0.29, 0.717) is 18.2 Å². The predicted molar refractivity (Wildman–Crippen MR) is 254 cm³/mol. The number of para-hydroxylation sites is 1. The number of hydrogen-bond donors (Lipinski definition) is 0. The van der Waals surface area contributed by atoms with Gasteiger partial charge in [-0.2, -0.15) is 0 Å². The summed E-state index contributed by atoms with van der Waals surface area (Å²) in [6.45, 7) is 4.41. The lowest BCUT2D eigenvalue weighted by molar-refractivity contribution is 0.674. The molecular weight excluding hydrogens is 731 g/mol. The van der Waals surface area contributed by atoms with Crippen molar-refractivity contribution in [3.63, 3.8) is 0 Å². The number of fused-ring (bicyclic) bond motifs is 11. The van der Waals surface area contributed by atoms with Crippen molar-refractivity contribution in [1.29, 1.82) is 0 Å². The third kappa shape index (κ3) is 6.05. The molecule has 0 atom stereocenters. The summed E-state index contributed by atoms with van der Waals surface area (Å²) >= 11 is 0. The van der Waals surface area contributed by atoms with E-state index < -0.39 is 0 Å². The number of hydrogen-bond acceptors (Lipinski definition) is 2. The highest BCUT2D eigenvalue weighted by atomic mass is 16.3. The average molecular weight is 768 g/mol. The standard InChI is InChI=1S/C56H37N3O/c1-57-55(59-56(38-17-6-3-7-18-38)58-35-36-15-4-2-5-16-36)39-29-27-37(28-30-39)50-34-52-49-26-14-25-41(53(49)60-54(52)48-24-13-12-23-46(48)50)40-31-32-47-44-21-9-8-19-42(44)43-20-10-11-22-45(43)51(47)33-40/h2-34H,1,35H2. The second kappa shape index (κ2) is 14.8. The first-order valence-corrected chi connectivity index (χ1v) is 20.2. The van der Waals surface area contributed by atoms with Gasteiger partial charge >= 0.3 is 0 Å². The molecule has 10 aromatic carbocycles.